The Bertz CT molecular complexity index is 737. The van der Waals surface area contributed by atoms with Crippen molar-refractivity contribution in [3.8, 4) is 0 Å². The molecule has 0 rings (SSSR count). The number of rotatable bonds is 20. The first kappa shape index (κ1) is 32.6. The summed E-state index contributed by atoms with van der Waals surface area (Å²) in [6, 6.07) is -0.955. The fraction of sp³-hybridized carbons (Fsp3) is 0.560. The number of nitrogens with two attached hydrogens (primary N) is 1. The number of hydrogen-bond acceptors (Lipinski definition) is 7. The largest absolute Gasteiger partial charge is 0.481 e. The van der Waals surface area contributed by atoms with Crippen molar-refractivity contribution in [1.29, 1.82) is 0 Å². The van der Waals surface area contributed by atoms with Gasteiger partial charge in [-0.05, 0) is 19.3 Å². The molecule has 0 spiro atoms. The van der Waals surface area contributed by atoms with Gasteiger partial charge in [0.05, 0.1) is 18.2 Å². The summed E-state index contributed by atoms with van der Waals surface area (Å²) in [6.45, 7) is 1.59. The van der Waals surface area contributed by atoms with Crippen molar-refractivity contribution in [3.05, 3.63) is 48.6 Å². The van der Waals surface area contributed by atoms with Gasteiger partial charge in [-0.3, -0.25) is 14.4 Å². The van der Waals surface area contributed by atoms with E-state index in [1.807, 2.05) is 0 Å². The molecule has 198 valence electrons. The second-order valence-corrected chi connectivity index (χ2v) is 9.18. The number of carboxylic acid groups (broad SMARTS) is 2. The predicted octanol–water partition coefficient (Wildman–Crippen LogP) is 2.40. The minimum atomic E-state index is -1.17. The van der Waals surface area contributed by atoms with E-state index in [0.29, 0.717) is 6.42 Å². The van der Waals surface area contributed by atoms with Crippen molar-refractivity contribution in [2.24, 2.45) is 5.73 Å². The molecule has 0 saturated heterocycles. The van der Waals surface area contributed by atoms with Crippen LogP contribution in [0.1, 0.15) is 51.9 Å². The molecule has 0 heterocycles. The van der Waals surface area contributed by atoms with Crippen molar-refractivity contribution < 1.29 is 34.8 Å². The number of carbonyl (C=O) groups excluding carboxylic acids is 1. The van der Waals surface area contributed by atoms with Crippen molar-refractivity contribution >= 4 is 29.6 Å². The Hall–Kier alpha value is -2.40. The Labute approximate surface area is 211 Å². The summed E-state index contributed by atoms with van der Waals surface area (Å²) in [5.74, 6) is -2.57. The highest BCUT2D eigenvalue weighted by molar-refractivity contribution is 8.00. The molecule has 0 aromatic carbocycles. The molecule has 7 N–H and O–H groups in total. The number of nitrogens with one attached hydrogen (secondary N) is 1. The Morgan fingerprint density at radius 2 is 1.51 bits per heavy atom. The average Bonchev–Trinajstić information content (AvgIpc) is 2.80. The number of unbranched alkanes of at least 4 members (excludes halogenated alkanes) is 2. The monoisotopic (exact) mass is 512 g/mol. The lowest BCUT2D eigenvalue weighted by atomic mass is 10.1. The molecule has 0 saturated carbocycles. The summed E-state index contributed by atoms with van der Waals surface area (Å²) in [5, 5.41) is 39.5. The minimum absolute atomic E-state index is 0.0548. The molecule has 0 aliphatic rings. The topological polar surface area (TPSA) is 170 Å². The van der Waals surface area contributed by atoms with Crippen molar-refractivity contribution in [2.75, 3.05) is 12.3 Å². The Morgan fingerprint density at radius 3 is 2.11 bits per heavy atom. The molecule has 4 unspecified atom stereocenters. The molecule has 0 radical (unpaired) electrons. The second kappa shape index (κ2) is 20.9. The summed E-state index contributed by atoms with van der Waals surface area (Å²) in [7, 11) is 0. The van der Waals surface area contributed by atoms with E-state index in [-0.39, 0.29) is 18.6 Å². The SMILES string of the molecule is CCCCCC(O)C=CC=CC=CC=CC(SCC(N)C(=O)NCC(=O)O)C(O)CCCC(=O)O. The standard InChI is InChI=1S/C25H40N2O7S/c1-2-3-8-12-19(28)13-9-6-4-5-7-10-15-22(21(29)14-11-16-23(30)31)35-18-20(26)25(34)27-17-24(32)33/h4-7,9-10,13,15,19-22,28-29H,2-3,8,11-12,14,16-18,26H2,1H3,(H,27,34)(H,30,31)(H,32,33). The van der Waals surface area contributed by atoms with E-state index in [4.69, 9.17) is 15.9 Å². The summed E-state index contributed by atoms with van der Waals surface area (Å²) in [5.41, 5.74) is 5.81. The van der Waals surface area contributed by atoms with Gasteiger partial charge in [0.1, 0.15) is 6.54 Å². The molecule has 0 aliphatic heterocycles. The highest BCUT2D eigenvalue weighted by Gasteiger charge is 2.21. The van der Waals surface area contributed by atoms with Crippen LogP contribution >= 0.6 is 11.8 Å². The van der Waals surface area contributed by atoms with Gasteiger partial charge in [0.2, 0.25) is 5.91 Å². The number of thioether (sulfide) groups is 1. The summed E-state index contributed by atoms with van der Waals surface area (Å²) < 4.78 is 0. The molecule has 0 fully saturated rings. The first-order valence-corrected chi connectivity index (χ1v) is 12.8. The van der Waals surface area contributed by atoms with E-state index < -0.39 is 47.9 Å². The third-order valence-corrected chi connectivity index (χ3v) is 6.19. The van der Waals surface area contributed by atoms with Gasteiger partial charge in [0.15, 0.2) is 0 Å². The lowest BCUT2D eigenvalue weighted by Gasteiger charge is -2.21. The molecule has 35 heavy (non-hydrogen) atoms. The predicted molar refractivity (Wildman–Crippen MR) is 139 cm³/mol. The number of amides is 1. The summed E-state index contributed by atoms with van der Waals surface area (Å²) in [4.78, 5) is 33.2. The molecule has 9 nitrogen and oxygen atoms in total. The van der Waals surface area contributed by atoms with Crippen LogP contribution < -0.4 is 11.1 Å². The van der Waals surface area contributed by atoms with E-state index in [2.05, 4.69) is 12.2 Å². The minimum Gasteiger partial charge on any atom is -0.481 e. The number of aliphatic hydroxyl groups is 2. The van der Waals surface area contributed by atoms with Crippen LogP contribution in [-0.2, 0) is 14.4 Å². The normalized spacial score (nSPS) is 15.7. The molecule has 0 aromatic rings. The average molecular weight is 513 g/mol. The van der Waals surface area contributed by atoms with Gasteiger partial charge < -0.3 is 31.5 Å². The van der Waals surface area contributed by atoms with Gasteiger partial charge in [-0.2, -0.15) is 0 Å². The number of aliphatic hydroxyl groups excluding tert-OH is 2. The van der Waals surface area contributed by atoms with Gasteiger partial charge in [-0.15, -0.1) is 11.8 Å². The maximum Gasteiger partial charge on any atom is 0.322 e. The van der Waals surface area contributed by atoms with Crippen LogP contribution in [0.3, 0.4) is 0 Å². The third-order valence-electron chi connectivity index (χ3n) is 4.78. The van der Waals surface area contributed by atoms with Gasteiger partial charge >= 0.3 is 11.9 Å². The highest BCUT2D eigenvalue weighted by atomic mass is 32.2. The van der Waals surface area contributed by atoms with Crippen LogP contribution in [0.15, 0.2) is 48.6 Å². The van der Waals surface area contributed by atoms with E-state index >= 15 is 0 Å². The Kier molecular flexibility index (Phi) is 19.5. The van der Waals surface area contributed by atoms with Crippen LogP contribution in [0.25, 0.3) is 0 Å². The first-order chi connectivity index (χ1) is 16.7. The molecular weight excluding hydrogens is 472 g/mol. The van der Waals surface area contributed by atoms with Crippen LogP contribution in [0.4, 0.5) is 0 Å². The van der Waals surface area contributed by atoms with Gasteiger partial charge in [0.25, 0.3) is 0 Å². The van der Waals surface area contributed by atoms with Gasteiger partial charge in [-0.25, -0.2) is 0 Å². The lowest BCUT2D eigenvalue weighted by molar-refractivity contribution is -0.138. The molecule has 0 aliphatic carbocycles. The van der Waals surface area contributed by atoms with Crippen LogP contribution in [0.2, 0.25) is 0 Å². The van der Waals surface area contributed by atoms with E-state index in [1.54, 1.807) is 48.6 Å². The van der Waals surface area contributed by atoms with Gasteiger partial charge in [0, 0.05) is 17.4 Å². The van der Waals surface area contributed by atoms with Crippen LogP contribution in [0.5, 0.6) is 0 Å². The molecule has 4 atom stereocenters. The lowest BCUT2D eigenvalue weighted by Crippen LogP contribution is -2.44. The zero-order valence-electron chi connectivity index (χ0n) is 20.3. The van der Waals surface area contributed by atoms with Gasteiger partial charge in [-0.1, -0.05) is 74.8 Å². The Balaban J connectivity index is 4.81. The molecular formula is C25H40N2O7S. The fourth-order valence-electron chi connectivity index (χ4n) is 2.83. The number of carboxylic acids is 2. The number of allylic oxidation sites excluding steroid dienone is 6. The smallest absolute Gasteiger partial charge is 0.322 e. The van der Waals surface area contributed by atoms with E-state index in [1.165, 1.54) is 11.8 Å². The van der Waals surface area contributed by atoms with Crippen molar-refractivity contribution in [1.82, 2.24) is 5.32 Å². The third kappa shape index (κ3) is 19.6. The highest BCUT2D eigenvalue weighted by Crippen LogP contribution is 2.21. The molecule has 0 bridgehead atoms. The van der Waals surface area contributed by atoms with Crippen LogP contribution in [-0.4, -0.2) is 74.1 Å². The van der Waals surface area contributed by atoms with E-state index in [9.17, 15) is 24.6 Å². The summed E-state index contributed by atoms with van der Waals surface area (Å²) in [6.07, 6.45) is 17.3. The zero-order valence-corrected chi connectivity index (χ0v) is 21.1. The number of aliphatic carboxylic acids is 2. The molecule has 0 aromatic heterocycles. The van der Waals surface area contributed by atoms with E-state index in [0.717, 1.165) is 25.7 Å². The fourth-order valence-corrected chi connectivity index (χ4v) is 3.97. The number of hydrogen-bond donors (Lipinski definition) is 6. The van der Waals surface area contributed by atoms with Crippen molar-refractivity contribution in [2.45, 2.75) is 75.4 Å². The molecule has 10 heteroatoms. The maximum atomic E-state index is 11.9. The molecule has 1 amide bonds. The van der Waals surface area contributed by atoms with Crippen molar-refractivity contribution in [3.63, 3.8) is 0 Å². The number of carbonyl (C=O) groups is 3. The quantitative estimate of drug-likeness (QED) is 0.106. The first-order valence-electron chi connectivity index (χ1n) is 11.8. The second-order valence-electron chi connectivity index (χ2n) is 7.97. The zero-order chi connectivity index (χ0) is 26.5. The maximum absolute atomic E-state index is 11.9. The van der Waals surface area contributed by atoms with Crippen LogP contribution in [0, 0.1) is 0 Å². The summed E-state index contributed by atoms with van der Waals surface area (Å²) >= 11 is 1.23. The Morgan fingerprint density at radius 1 is 0.886 bits per heavy atom.